The molecule has 0 spiro atoms. The molecule has 0 saturated carbocycles. The molecule has 0 aliphatic carbocycles. The lowest BCUT2D eigenvalue weighted by molar-refractivity contribution is -0.274. The number of halogens is 4. The van der Waals surface area contributed by atoms with Gasteiger partial charge in [0.2, 0.25) is 0 Å². The van der Waals surface area contributed by atoms with Crippen LogP contribution in [0.1, 0.15) is 11.3 Å². The quantitative estimate of drug-likeness (QED) is 0.718. The lowest BCUT2D eigenvalue weighted by Crippen LogP contribution is -2.18. The van der Waals surface area contributed by atoms with E-state index in [9.17, 15) is 17.6 Å². The maximum atomic E-state index is 12.1. The second-order valence-electron chi connectivity index (χ2n) is 2.47. The lowest BCUT2D eigenvalue weighted by Gasteiger charge is -2.09. The molecule has 0 aliphatic rings. The van der Waals surface area contributed by atoms with E-state index in [2.05, 4.69) is 9.72 Å². The van der Waals surface area contributed by atoms with Crippen LogP contribution in [0, 0.1) is 11.3 Å². The first-order chi connectivity index (χ1) is 6.96. The van der Waals surface area contributed by atoms with E-state index >= 15 is 0 Å². The largest absolute Gasteiger partial charge is 0.573 e. The maximum Gasteiger partial charge on any atom is 0.573 e. The minimum absolute atomic E-state index is 0.124. The highest BCUT2D eigenvalue weighted by molar-refractivity contribution is 5.42. The van der Waals surface area contributed by atoms with E-state index in [0.29, 0.717) is 6.20 Å². The molecule has 0 fully saturated rings. The second kappa shape index (κ2) is 4.13. The van der Waals surface area contributed by atoms with Gasteiger partial charge in [-0.2, -0.15) is 5.26 Å². The molecule has 15 heavy (non-hydrogen) atoms. The van der Waals surface area contributed by atoms with E-state index in [1.54, 1.807) is 0 Å². The van der Waals surface area contributed by atoms with Crippen molar-refractivity contribution in [2.75, 3.05) is 0 Å². The number of nitriles is 1. The Kier molecular flexibility index (Phi) is 3.09. The third kappa shape index (κ3) is 3.09. The van der Waals surface area contributed by atoms with E-state index < -0.39 is 24.3 Å². The van der Waals surface area contributed by atoms with Gasteiger partial charge in [-0.05, 0) is 6.07 Å². The van der Waals surface area contributed by atoms with Crippen molar-refractivity contribution >= 4 is 0 Å². The topological polar surface area (TPSA) is 45.9 Å². The zero-order valence-corrected chi connectivity index (χ0v) is 7.18. The minimum Gasteiger partial charge on any atom is -0.403 e. The molecule has 3 nitrogen and oxygen atoms in total. The molecule has 7 heteroatoms. The minimum atomic E-state index is -4.90. The molecule has 1 rings (SSSR count). The molecular formula is C8H4F4N2O. The fraction of sp³-hybridized carbons (Fsp3) is 0.250. The predicted molar refractivity (Wildman–Crippen MR) is 40.4 cm³/mol. The van der Waals surface area contributed by atoms with Crippen LogP contribution in [0.3, 0.4) is 0 Å². The molecule has 0 amide bonds. The van der Waals surface area contributed by atoms with Gasteiger partial charge < -0.3 is 4.74 Å². The zero-order chi connectivity index (χ0) is 11.5. The van der Waals surface area contributed by atoms with Crippen LogP contribution in [0.15, 0.2) is 12.3 Å². The Hall–Kier alpha value is -1.84. The first kappa shape index (κ1) is 11.2. The van der Waals surface area contributed by atoms with Gasteiger partial charge in [0.25, 0.3) is 0 Å². The Bertz CT molecular complexity index is 397. The number of rotatable bonds is 2. The third-order valence-electron chi connectivity index (χ3n) is 1.41. The standard InChI is InChI=1S/C8H4F4N2O/c9-2-6-1-5(3-13)7(4-14-6)15-8(10,11)12/h1,4H,2H2. The van der Waals surface area contributed by atoms with Crippen molar-refractivity contribution in [3.63, 3.8) is 0 Å². The number of hydrogen-bond donors (Lipinski definition) is 0. The summed E-state index contributed by atoms with van der Waals surface area (Å²) in [6.45, 7) is -0.957. The average molecular weight is 220 g/mol. The zero-order valence-electron chi connectivity index (χ0n) is 7.18. The Balaban J connectivity index is 3.04. The van der Waals surface area contributed by atoms with Crippen LogP contribution in [0.25, 0.3) is 0 Å². The van der Waals surface area contributed by atoms with Crippen molar-refractivity contribution in [3.05, 3.63) is 23.5 Å². The van der Waals surface area contributed by atoms with E-state index in [4.69, 9.17) is 5.26 Å². The molecule has 0 saturated heterocycles. The van der Waals surface area contributed by atoms with Crippen LogP contribution >= 0.6 is 0 Å². The van der Waals surface area contributed by atoms with Gasteiger partial charge in [0, 0.05) is 0 Å². The maximum absolute atomic E-state index is 12.1. The molecular weight excluding hydrogens is 216 g/mol. The van der Waals surface area contributed by atoms with Gasteiger partial charge in [-0.1, -0.05) is 0 Å². The van der Waals surface area contributed by atoms with Crippen molar-refractivity contribution in [1.29, 1.82) is 5.26 Å². The first-order valence-corrected chi connectivity index (χ1v) is 3.67. The molecule has 0 radical (unpaired) electrons. The highest BCUT2D eigenvalue weighted by Gasteiger charge is 2.32. The van der Waals surface area contributed by atoms with Crippen LogP contribution in [0.4, 0.5) is 17.6 Å². The summed E-state index contributed by atoms with van der Waals surface area (Å²) in [6.07, 6.45) is -4.23. The number of ether oxygens (including phenoxy) is 1. The van der Waals surface area contributed by atoms with Gasteiger partial charge >= 0.3 is 6.36 Å². The van der Waals surface area contributed by atoms with Crippen LogP contribution in [-0.2, 0) is 6.67 Å². The molecule has 1 heterocycles. The van der Waals surface area contributed by atoms with E-state index in [-0.39, 0.29) is 5.69 Å². The number of pyridine rings is 1. The van der Waals surface area contributed by atoms with Crippen LogP contribution < -0.4 is 4.74 Å². The van der Waals surface area contributed by atoms with E-state index in [1.165, 1.54) is 6.07 Å². The highest BCUT2D eigenvalue weighted by atomic mass is 19.4. The molecule has 0 N–H and O–H groups in total. The summed E-state index contributed by atoms with van der Waals surface area (Å²) in [5.41, 5.74) is -0.531. The number of alkyl halides is 4. The molecule has 0 atom stereocenters. The monoisotopic (exact) mass is 220 g/mol. The van der Waals surface area contributed by atoms with Crippen molar-refractivity contribution in [3.8, 4) is 11.8 Å². The molecule has 1 aromatic rings. The van der Waals surface area contributed by atoms with Gasteiger partial charge in [-0.15, -0.1) is 13.2 Å². The van der Waals surface area contributed by atoms with Gasteiger partial charge in [0.05, 0.1) is 17.5 Å². The van der Waals surface area contributed by atoms with Crippen molar-refractivity contribution < 1.29 is 22.3 Å². The Morgan fingerprint density at radius 2 is 2.13 bits per heavy atom. The fourth-order valence-corrected chi connectivity index (χ4v) is 0.853. The van der Waals surface area contributed by atoms with E-state index in [1.807, 2.05) is 0 Å². The van der Waals surface area contributed by atoms with Crippen molar-refractivity contribution in [1.82, 2.24) is 4.98 Å². The van der Waals surface area contributed by atoms with Gasteiger partial charge in [-0.3, -0.25) is 4.98 Å². The van der Waals surface area contributed by atoms with Crippen molar-refractivity contribution in [2.45, 2.75) is 13.0 Å². The lowest BCUT2D eigenvalue weighted by atomic mass is 10.2. The average Bonchev–Trinajstić information content (AvgIpc) is 2.16. The summed E-state index contributed by atoms with van der Waals surface area (Å²) in [5, 5.41) is 8.49. The SMILES string of the molecule is N#Cc1cc(CF)ncc1OC(F)(F)F. The Morgan fingerprint density at radius 1 is 1.47 bits per heavy atom. The molecule has 0 bridgehead atoms. The molecule has 0 aliphatic heterocycles. The first-order valence-electron chi connectivity index (χ1n) is 3.67. The summed E-state index contributed by atoms with van der Waals surface area (Å²) < 4.78 is 51.0. The summed E-state index contributed by atoms with van der Waals surface area (Å²) in [5.74, 6) is -0.734. The third-order valence-corrected chi connectivity index (χ3v) is 1.41. The molecule has 0 aromatic carbocycles. The summed E-state index contributed by atoms with van der Waals surface area (Å²) >= 11 is 0. The van der Waals surface area contributed by atoms with Crippen molar-refractivity contribution in [2.24, 2.45) is 0 Å². The normalized spacial score (nSPS) is 10.9. The highest BCUT2D eigenvalue weighted by Crippen LogP contribution is 2.25. The number of hydrogen-bond acceptors (Lipinski definition) is 3. The summed E-state index contributed by atoms with van der Waals surface area (Å²) in [4.78, 5) is 3.34. The second-order valence-corrected chi connectivity index (χ2v) is 2.47. The van der Waals surface area contributed by atoms with Crippen LogP contribution in [-0.4, -0.2) is 11.3 Å². The van der Waals surface area contributed by atoms with Gasteiger partial charge in [0.15, 0.2) is 5.75 Å². The van der Waals surface area contributed by atoms with Crippen LogP contribution in [0.5, 0.6) is 5.75 Å². The van der Waals surface area contributed by atoms with Gasteiger partial charge in [-0.25, -0.2) is 4.39 Å². The Morgan fingerprint density at radius 3 is 2.60 bits per heavy atom. The predicted octanol–water partition coefficient (Wildman–Crippen LogP) is 2.32. The summed E-state index contributed by atoms with van der Waals surface area (Å²) in [7, 11) is 0. The molecule has 80 valence electrons. The number of aromatic nitrogens is 1. The summed E-state index contributed by atoms with van der Waals surface area (Å²) in [6, 6.07) is 2.37. The Labute approximate surface area is 81.9 Å². The fourth-order valence-electron chi connectivity index (χ4n) is 0.853. The van der Waals surface area contributed by atoms with Crippen LogP contribution in [0.2, 0.25) is 0 Å². The number of nitrogens with zero attached hydrogens (tertiary/aromatic N) is 2. The van der Waals surface area contributed by atoms with Gasteiger partial charge in [0.1, 0.15) is 12.7 Å². The molecule has 0 unspecified atom stereocenters. The smallest absolute Gasteiger partial charge is 0.403 e. The molecule has 1 aromatic heterocycles. The van der Waals surface area contributed by atoms with E-state index in [0.717, 1.165) is 6.07 Å².